The summed E-state index contributed by atoms with van der Waals surface area (Å²) in [7, 11) is 0. The Hall–Kier alpha value is -1.14. The summed E-state index contributed by atoms with van der Waals surface area (Å²) in [5.74, 6) is 0.299. The minimum absolute atomic E-state index is 0.0153. The maximum Gasteiger partial charge on any atom is 0.223 e. The van der Waals surface area contributed by atoms with E-state index in [1.807, 2.05) is 0 Å². The van der Waals surface area contributed by atoms with Crippen molar-refractivity contribution in [2.45, 2.75) is 168 Å². The zero-order valence-electron chi connectivity index (χ0n) is 25.4. The fourth-order valence-electron chi connectivity index (χ4n) is 7.16. The average molecular weight is 507 g/mol. The van der Waals surface area contributed by atoms with Crippen molar-refractivity contribution in [2.24, 2.45) is 0 Å². The first-order valence-corrected chi connectivity index (χ1v) is 14.7. The van der Waals surface area contributed by atoms with Crippen LogP contribution in [0.15, 0.2) is 0 Å². The van der Waals surface area contributed by atoms with Crippen molar-refractivity contribution in [3.8, 4) is 0 Å². The Labute approximate surface area is 222 Å². The first-order valence-electron chi connectivity index (χ1n) is 14.7. The number of unbranched alkanes of at least 4 members (excludes halogenated alkanes) is 2. The van der Waals surface area contributed by atoms with Crippen LogP contribution in [0, 0.1) is 0 Å². The second-order valence-electron chi connectivity index (χ2n) is 14.3. The first kappa shape index (κ1) is 31.1. The predicted molar refractivity (Wildman–Crippen MR) is 151 cm³/mol. The van der Waals surface area contributed by atoms with Crippen LogP contribution in [0.25, 0.3) is 0 Å². The van der Waals surface area contributed by atoms with Gasteiger partial charge in [-0.3, -0.25) is 9.59 Å². The van der Waals surface area contributed by atoms with Crippen LogP contribution in [0.4, 0.5) is 0 Å². The van der Waals surface area contributed by atoms with E-state index in [0.29, 0.717) is 12.8 Å². The van der Waals surface area contributed by atoms with Gasteiger partial charge >= 0.3 is 0 Å². The Bertz CT molecular complexity index is 649. The molecule has 36 heavy (non-hydrogen) atoms. The lowest BCUT2D eigenvalue weighted by Gasteiger charge is -2.50. The summed E-state index contributed by atoms with van der Waals surface area (Å²) in [6.07, 6.45) is 8.55. The second kappa shape index (κ2) is 12.1. The molecule has 0 aromatic heterocycles. The van der Waals surface area contributed by atoms with E-state index in [0.717, 1.165) is 64.5 Å². The third-order valence-electron chi connectivity index (χ3n) is 7.92. The molecule has 2 amide bonds. The summed E-state index contributed by atoms with van der Waals surface area (Å²) in [4.78, 5) is 31.5. The summed E-state index contributed by atoms with van der Waals surface area (Å²) in [5.41, 5.74) is -0.0613. The van der Waals surface area contributed by atoms with Gasteiger partial charge in [0.05, 0.1) is 0 Å². The lowest BCUT2D eigenvalue weighted by atomic mass is 9.78. The zero-order chi connectivity index (χ0) is 27.4. The predicted octanol–water partition coefficient (Wildman–Crippen LogP) is 5.64. The molecule has 0 unspecified atom stereocenters. The maximum atomic E-state index is 13.6. The van der Waals surface area contributed by atoms with Gasteiger partial charge in [0.1, 0.15) is 0 Å². The van der Waals surface area contributed by atoms with E-state index in [9.17, 15) is 9.59 Å². The van der Waals surface area contributed by atoms with E-state index in [1.165, 1.54) is 0 Å². The summed E-state index contributed by atoms with van der Waals surface area (Å²) >= 11 is 0. The molecule has 2 saturated heterocycles. The monoisotopic (exact) mass is 506 g/mol. The van der Waals surface area contributed by atoms with E-state index in [-0.39, 0.29) is 46.1 Å². The molecule has 0 aromatic rings. The van der Waals surface area contributed by atoms with Crippen LogP contribution in [0.1, 0.15) is 133 Å². The molecule has 2 N–H and O–H groups in total. The van der Waals surface area contributed by atoms with E-state index < -0.39 is 0 Å². The molecule has 210 valence electrons. The van der Waals surface area contributed by atoms with Crippen LogP contribution in [0.2, 0.25) is 0 Å². The number of carbonyl (C=O) groups excluding carboxylic acids is 2. The lowest BCUT2D eigenvalue weighted by molar-refractivity contribution is -0.141. The number of rotatable bonds is 11. The summed E-state index contributed by atoms with van der Waals surface area (Å²) in [6, 6.07) is 0.431. The number of amides is 2. The van der Waals surface area contributed by atoms with Gasteiger partial charge < -0.3 is 20.4 Å². The molecule has 2 rings (SSSR count). The van der Waals surface area contributed by atoms with Crippen molar-refractivity contribution < 1.29 is 9.59 Å². The van der Waals surface area contributed by atoms with Gasteiger partial charge in [-0.2, -0.15) is 0 Å². The number of hydrogen-bond donors (Lipinski definition) is 2. The molecular formula is C30H58N4O2. The summed E-state index contributed by atoms with van der Waals surface area (Å²) in [5, 5.41) is 7.48. The van der Waals surface area contributed by atoms with Crippen LogP contribution in [-0.2, 0) is 9.59 Å². The highest BCUT2D eigenvalue weighted by molar-refractivity contribution is 5.84. The Morgan fingerprint density at radius 2 is 0.889 bits per heavy atom. The zero-order valence-corrected chi connectivity index (χ0v) is 25.4. The van der Waals surface area contributed by atoms with E-state index >= 15 is 0 Å². The number of piperidine rings is 2. The van der Waals surface area contributed by atoms with Gasteiger partial charge in [-0.15, -0.1) is 0 Å². The highest BCUT2D eigenvalue weighted by atomic mass is 16.2. The number of nitrogens with one attached hydrogen (secondary N) is 2. The highest BCUT2D eigenvalue weighted by Gasteiger charge is 2.42. The molecular weight excluding hydrogens is 448 g/mol. The fraction of sp³-hybridized carbons (Fsp3) is 0.933. The Morgan fingerprint density at radius 3 is 1.14 bits per heavy atom. The van der Waals surface area contributed by atoms with Crippen molar-refractivity contribution in [1.29, 1.82) is 0 Å². The topological polar surface area (TPSA) is 64.7 Å². The molecule has 0 atom stereocenters. The standard InChI is InChI=1S/C30H58N4O2/c1-11-13-17-33(23-19-27(3,4)31-28(5,6)20-23)25(35)15-16-26(36)34(18-14-12-2)24-21-29(7,8)32-30(9,10)22-24/h23-24,31-32H,11-22H2,1-10H3. The summed E-state index contributed by atoms with van der Waals surface area (Å²) in [6.45, 7) is 23.8. The normalized spacial score (nSPS) is 23.3. The smallest absolute Gasteiger partial charge is 0.223 e. The van der Waals surface area contributed by atoms with Crippen molar-refractivity contribution >= 4 is 11.8 Å². The van der Waals surface area contributed by atoms with Crippen molar-refractivity contribution in [3.63, 3.8) is 0 Å². The van der Waals surface area contributed by atoms with Gasteiger partial charge in [-0.1, -0.05) is 26.7 Å². The quantitative estimate of drug-likeness (QED) is 0.380. The molecule has 0 spiro atoms. The molecule has 2 aliphatic rings. The Kier molecular flexibility index (Phi) is 10.5. The van der Waals surface area contributed by atoms with Crippen LogP contribution < -0.4 is 10.6 Å². The number of nitrogens with zero attached hydrogens (tertiary/aromatic N) is 2. The number of hydrogen-bond acceptors (Lipinski definition) is 4. The number of carbonyl (C=O) groups is 2. The van der Waals surface area contributed by atoms with Crippen LogP contribution in [0.3, 0.4) is 0 Å². The second-order valence-corrected chi connectivity index (χ2v) is 14.3. The van der Waals surface area contributed by atoms with Crippen molar-refractivity contribution in [1.82, 2.24) is 20.4 Å². The van der Waals surface area contributed by atoms with Gasteiger partial charge in [0.2, 0.25) is 11.8 Å². The van der Waals surface area contributed by atoms with Crippen molar-refractivity contribution in [3.05, 3.63) is 0 Å². The van der Waals surface area contributed by atoms with Gasteiger partial charge in [-0.25, -0.2) is 0 Å². The van der Waals surface area contributed by atoms with E-state index in [4.69, 9.17) is 0 Å². The molecule has 0 bridgehead atoms. The fourth-order valence-corrected chi connectivity index (χ4v) is 7.16. The third-order valence-corrected chi connectivity index (χ3v) is 7.92. The minimum Gasteiger partial charge on any atom is -0.340 e. The van der Waals surface area contributed by atoms with Gasteiger partial charge in [0, 0.05) is 60.2 Å². The third kappa shape index (κ3) is 9.31. The Morgan fingerprint density at radius 1 is 0.611 bits per heavy atom. The molecule has 0 aliphatic carbocycles. The maximum absolute atomic E-state index is 13.6. The average Bonchev–Trinajstić information content (AvgIpc) is 2.68. The molecule has 2 heterocycles. The first-order chi connectivity index (χ1) is 16.5. The van der Waals surface area contributed by atoms with E-state index in [1.54, 1.807) is 0 Å². The molecule has 2 aliphatic heterocycles. The molecule has 0 saturated carbocycles. The summed E-state index contributed by atoms with van der Waals surface area (Å²) < 4.78 is 0. The highest BCUT2D eigenvalue weighted by Crippen LogP contribution is 2.34. The molecule has 6 heteroatoms. The molecule has 2 fully saturated rings. The molecule has 6 nitrogen and oxygen atoms in total. The lowest BCUT2D eigenvalue weighted by Crippen LogP contribution is -2.63. The minimum atomic E-state index is -0.0153. The van der Waals surface area contributed by atoms with E-state index in [2.05, 4.69) is 89.7 Å². The Balaban J connectivity index is 2.13. The van der Waals surface area contributed by atoms with Gasteiger partial charge in [0.15, 0.2) is 0 Å². The largest absolute Gasteiger partial charge is 0.340 e. The van der Waals surface area contributed by atoms with Crippen LogP contribution in [0.5, 0.6) is 0 Å². The van der Waals surface area contributed by atoms with Crippen LogP contribution in [-0.4, -0.2) is 68.9 Å². The molecule has 0 radical (unpaired) electrons. The van der Waals surface area contributed by atoms with Crippen molar-refractivity contribution in [2.75, 3.05) is 13.1 Å². The SMILES string of the molecule is CCCCN(C(=O)CCC(=O)N(CCCC)C1CC(C)(C)NC(C)(C)C1)C1CC(C)(C)NC(C)(C)C1. The van der Waals surface area contributed by atoms with Crippen LogP contribution >= 0.6 is 0 Å². The van der Waals surface area contributed by atoms with Gasteiger partial charge in [0.25, 0.3) is 0 Å². The van der Waals surface area contributed by atoms with Gasteiger partial charge in [-0.05, 0) is 93.9 Å². The molecule has 0 aromatic carbocycles.